The summed E-state index contributed by atoms with van der Waals surface area (Å²) in [6.07, 6.45) is 5.86. The lowest BCUT2D eigenvalue weighted by molar-refractivity contribution is 0.190. The average molecular weight is 367 g/mol. The van der Waals surface area contributed by atoms with Crippen molar-refractivity contribution in [3.05, 3.63) is 65.1 Å². The molecule has 0 spiro atoms. The van der Waals surface area contributed by atoms with Crippen LogP contribution in [0.1, 0.15) is 30.3 Å². The minimum Gasteiger partial charge on any atom is -0.329 e. The van der Waals surface area contributed by atoms with Crippen molar-refractivity contribution in [1.29, 1.82) is 0 Å². The molecule has 4 rings (SSSR count). The summed E-state index contributed by atoms with van der Waals surface area (Å²) in [5.74, 6) is 1.29. The molecule has 1 atom stereocenters. The highest BCUT2D eigenvalue weighted by atomic mass is 32.1. The molecule has 1 aliphatic rings. The molecule has 1 saturated heterocycles. The van der Waals surface area contributed by atoms with Crippen LogP contribution in [0.25, 0.3) is 0 Å². The van der Waals surface area contributed by atoms with Crippen LogP contribution in [0.15, 0.2) is 53.6 Å². The van der Waals surface area contributed by atoms with E-state index in [9.17, 15) is 4.79 Å². The van der Waals surface area contributed by atoms with Gasteiger partial charge < -0.3 is 14.8 Å². The third-order valence-electron chi connectivity index (χ3n) is 4.66. The Kier molecular flexibility index (Phi) is 4.97. The first-order valence-corrected chi connectivity index (χ1v) is 9.73. The molecule has 7 heteroatoms. The second-order valence-corrected chi connectivity index (χ2v) is 7.19. The van der Waals surface area contributed by atoms with E-state index in [4.69, 9.17) is 0 Å². The Bertz CT molecular complexity index is 846. The van der Waals surface area contributed by atoms with Crippen LogP contribution in [-0.4, -0.2) is 38.6 Å². The summed E-state index contributed by atoms with van der Waals surface area (Å²) >= 11 is 1.60. The standard InChI is InChI=1S/C19H21N5OS/c25-19(22-16-6-2-1-3-7-16)24-9-4-5-15(11-24)18-20-8-10-23(18)12-17-13-26-14-21-17/h1-3,6-8,10,13-15H,4-5,9,11-12H2,(H,22,25)/t15-/m1/s1. The van der Waals surface area contributed by atoms with Crippen molar-refractivity contribution in [3.63, 3.8) is 0 Å². The number of nitrogens with one attached hydrogen (secondary N) is 1. The highest BCUT2D eigenvalue weighted by Crippen LogP contribution is 2.26. The van der Waals surface area contributed by atoms with Gasteiger partial charge in [-0.1, -0.05) is 18.2 Å². The van der Waals surface area contributed by atoms with Gasteiger partial charge in [-0.05, 0) is 25.0 Å². The molecule has 1 aliphatic heterocycles. The predicted octanol–water partition coefficient (Wildman–Crippen LogP) is 3.80. The van der Waals surface area contributed by atoms with Gasteiger partial charge >= 0.3 is 6.03 Å². The van der Waals surface area contributed by atoms with Gasteiger partial charge in [0.25, 0.3) is 0 Å². The highest BCUT2D eigenvalue weighted by Gasteiger charge is 2.27. The van der Waals surface area contributed by atoms with Crippen LogP contribution in [0.3, 0.4) is 0 Å². The van der Waals surface area contributed by atoms with Crippen molar-refractivity contribution < 1.29 is 4.79 Å². The van der Waals surface area contributed by atoms with Crippen LogP contribution in [0.5, 0.6) is 0 Å². The van der Waals surface area contributed by atoms with Crippen molar-refractivity contribution in [3.8, 4) is 0 Å². The topological polar surface area (TPSA) is 63.1 Å². The third-order valence-corrected chi connectivity index (χ3v) is 5.30. The smallest absolute Gasteiger partial charge is 0.321 e. The van der Waals surface area contributed by atoms with Crippen molar-refractivity contribution in [2.24, 2.45) is 0 Å². The maximum atomic E-state index is 12.6. The van der Waals surface area contributed by atoms with E-state index in [1.807, 2.05) is 53.1 Å². The zero-order valence-electron chi connectivity index (χ0n) is 14.4. The summed E-state index contributed by atoms with van der Waals surface area (Å²) in [7, 11) is 0. The molecular weight excluding hydrogens is 346 g/mol. The maximum Gasteiger partial charge on any atom is 0.321 e. The number of amides is 2. The summed E-state index contributed by atoms with van der Waals surface area (Å²) in [6, 6.07) is 9.54. The van der Waals surface area contributed by atoms with Crippen LogP contribution < -0.4 is 5.32 Å². The minimum atomic E-state index is -0.0430. The summed E-state index contributed by atoms with van der Waals surface area (Å²) < 4.78 is 2.15. The molecule has 3 aromatic rings. The van der Waals surface area contributed by atoms with Gasteiger partial charge in [0.2, 0.25) is 0 Å². The van der Waals surface area contributed by atoms with Crippen LogP contribution in [-0.2, 0) is 6.54 Å². The molecule has 3 heterocycles. The Balaban J connectivity index is 1.44. The molecule has 1 N–H and O–H groups in total. The largest absolute Gasteiger partial charge is 0.329 e. The molecule has 26 heavy (non-hydrogen) atoms. The number of piperidine rings is 1. The fraction of sp³-hybridized carbons (Fsp3) is 0.316. The highest BCUT2D eigenvalue weighted by molar-refractivity contribution is 7.07. The van der Waals surface area contributed by atoms with Gasteiger partial charge in [-0.15, -0.1) is 11.3 Å². The zero-order chi connectivity index (χ0) is 17.8. The number of imidazole rings is 1. The summed E-state index contributed by atoms with van der Waals surface area (Å²) in [5, 5.41) is 5.04. The van der Waals surface area contributed by atoms with Gasteiger partial charge in [0.15, 0.2) is 0 Å². The Morgan fingerprint density at radius 2 is 2.15 bits per heavy atom. The molecule has 2 aromatic heterocycles. The number of nitrogens with zero attached hydrogens (tertiary/aromatic N) is 4. The van der Waals surface area contributed by atoms with Gasteiger partial charge in [-0.3, -0.25) is 0 Å². The molecule has 0 unspecified atom stereocenters. The first-order valence-electron chi connectivity index (χ1n) is 8.78. The van der Waals surface area contributed by atoms with Gasteiger partial charge in [-0.25, -0.2) is 14.8 Å². The molecule has 0 radical (unpaired) electrons. The van der Waals surface area contributed by atoms with E-state index in [0.29, 0.717) is 6.54 Å². The maximum absolute atomic E-state index is 12.6. The van der Waals surface area contributed by atoms with E-state index in [1.165, 1.54) is 0 Å². The van der Waals surface area contributed by atoms with Gasteiger partial charge in [0.1, 0.15) is 5.82 Å². The molecule has 1 aromatic carbocycles. The Morgan fingerprint density at radius 1 is 1.27 bits per heavy atom. The number of rotatable bonds is 4. The number of carbonyl (C=O) groups excluding carboxylic acids is 1. The number of urea groups is 1. The fourth-order valence-electron chi connectivity index (χ4n) is 3.40. The summed E-state index contributed by atoms with van der Waals surface area (Å²) in [5.41, 5.74) is 3.72. The molecule has 0 aliphatic carbocycles. The molecular formula is C19H21N5OS. The van der Waals surface area contributed by atoms with E-state index in [-0.39, 0.29) is 11.9 Å². The quantitative estimate of drug-likeness (QED) is 0.763. The SMILES string of the molecule is O=C(Nc1ccccc1)N1CCC[C@@H](c2nccn2Cc2cscn2)C1. The first kappa shape index (κ1) is 16.8. The number of benzene rings is 1. The molecule has 2 amide bonds. The number of thiazole rings is 1. The second kappa shape index (κ2) is 7.70. The molecule has 0 saturated carbocycles. The summed E-state index contributed by atoms with van der Waals surface area (Å²) in [6.45, 7) is 2.19. The van der Waals surface area contributed by atoms with Crippen LogP contribution >= 0.6 is 11.3 Å². The third kappa shape index (κ3) is 3.77. The Labute approximate surface area is 156 Å². The number of hydrogen-bond acceptors (Lipinski definition) is 4. The van der Waals surface area contributed by atoms with Crippen LogP contribution in [0.4, 0.5) is 10.5 Å². The van der Waals surface area contributed by atoms with Gasteiger partial charge in [0, 0.05) is 42.5 Å². The lowest BCUT2D eigenvalue weighted by Crippen LogP contribution is -2.42. The number of hydrogen-bond donors (Lipinski definition) is 1. The van der Waals surface area contributed by atoms with Crippen molar-refractivity contribution >= 4 is 23.1 Å². The molecule has 6 nitrogen and oxygen atoms in total. The normalized spacial score (nSPS) is 17.2. The molecule has 0 bridgehead atoms. The summed E-state index contributed by atoms with van der Waals surface area (Å²) in [4.78, 5) is 23.4. The van der Waals surface area contributed by atoms with E-state index in [1.54, 1.807) is 11.3 Å². The van der Waals surface area contributed by atoms with Crippen LogP contribution in [0.2, 0.25) is 0 Å². The van der Waals surface area contributed by atoms with Crippen molar-refractivity contribution in [2.75, 3.05) is 18.4 Å². The monoisotopic (exact) mass is 367 g/mol. The lowest BCUT2D eigenvalue weighted by atomic mass is 9.97. The van der Waals surface area contributed by atoms with E-state index in [2.05, 4.69) is 25.2 Å². The van der Waals surface area contributed by atoms with Gasteiger partial charge in [0.05, 0.1) is 17.7 Å². The zero-order valence-corrected chi connectivity index (χ0v) is 15.2. The number of carbonyl (C=O) groups is 1. The number of anilines is 1. The first-order chi connectivity index (χ1) is 12.8. The Morgan fingerprint density at radius 3 is 2.96 bits per heavy atom. The fourth-order valence-corrected chi connectivity index (χ4v) is 3.95. The Hall–Kier alpha value is -2.67. The molecule has 134 valence electrons. The number of likely N-dealkylation sites (tertiary alicyclic amines) is 1. The van der Waals surface area contributed by atoms with E-state index in [0.717, 1.165) is 43.1 Å². The average Bonchev–Trinajstić information content (AvgIpc) is 3.35. The van der Waals surface area contributed by atoms with Crippen molar-refractivity contribution in [2.45, 2.75) is 25.3 Å². The van der Waals surface area contributed by atoms with E-state index < -0.39 is 0 Å². The van der Waals surface area contributed by atoms with Crippen LogP contribution in [0, 0.1) is 0 Å². The number of aromatic nitrogens is 3. The molecule has 1 fully saturated rings. The van der Waals surface area contributed by atoms with Gasteiger partial charge in [-0.2, -0.15) is 0 Å². The second-order valence-electron chi connectivity index (χ2n) is 6.47. The van der Waals surface area contributed by atoms with Crippen molar-refractivity contribution in [1.82, 2.24) is 19.4 Å². The van der Waals surface area contributed by atoms with E-state index >= 15 is 0 Å². The predicted molar refractivity (Wildman–Crippen MR) is 102 cm³/mol. The lowest BCUT2D eigenvalue weighted by Gasteiger charge is -2.32. The number of para-hydroxylation sites is 1. The minimum absolute atomic E-state index is 0.0430.